The molecule has 1 rings (SSSR count). The number of aryl methyl sites for hydroxylation is 1. The van der Waals surface area contributed by atoms with Gasteiger partial charge in [-0.15, -0.1) is 5.10 Å². The minimum absolute atomic E-state index is 0.155. The molecule has 0 saturated carbocycles. The highest BCUT2D eigenvalue weighted by molar-refractivity contribution is 7.57. The molecule has 0 fully saturated rings. The van der Waals surface area contributed by atoms with Crippen LogP contribution in [0, 0.1) is 6.92 Å². The van der Waals surface area contributed by atoms with Crippen molar-refractivity contribution in [2.45, 2.75) is 46.7 Å². The molecule has 0 aliphatic rings. The number of hydrogen-bond acceptors (Lipinski definition) is 7. The molecule has 21 heavy (non-hydrogen) atoms. The molecular formula is C12H24N5O3P. The summed E-state index contributed by atoms with van der Waals surface area (Å²) < 4.78 is 24.0. The number of rotatable bonds is 7. The third kappa shape index (κ3) is 4.12. The van der Waals surface area contributed by atoms with E-state index in [0.717, 1.165) is 0 Å². The molecule has 0 bridgehead atoms. The largest absolute Gasteiger partial charge is 0.357 e. The van der Waals surface area contributed by atoms with Crippen molar-refractivity contribution in [1.29, 1.82) is 0 Å². The molecule has 0 radical (unpaired) electrons. The Hall–Kier alpha value is -1.24. The fourth-order valence-corrected chi connectivity index (χ4v) is 3.01. The molecule has 0 atom stereocenters. The highest BCUT2D eigenvalue weighted by Gasteiger charge is 2.27. The van der Waals surface area contributed by atoms with Gasteiger partial charge >= 0.3 is 7.60 Å². The molecule has 1 heterocycles. The Balaban J connectivity index is 3.47. The standard InChI is InChI=1S/C12H24N5O3P/c1-9(2)16(10(3)4)12(8-21(18,19-6)20-7)17-11(5)13-14-15-17/h8-10H,1-7H3/b12-8-. The Labute approximate surface area is 125 Å². The van der Waals surface area contributed by atoms with E-state index in [1.807, 2.05) is 32.6 Å². The van der Waals surface area contributed by atoms with Crippen molar-refractivity contribution in [2.24, 2.45) is 0 Å². The van der Waals surface area contributed by atoms with Gasteiger partial charge in [-0.05, 0) is 45.0 Å². The summed E-state index contributed by atoms with van der Waals surface area (Å²) in [5.41, 5.74) is 0. The average molecular weight is 317 g/mol. The monoisotopic (exact) mass is 317 g/mol. The van der Waals surface area contributed by atoms with Crippen LogP contribution in [0.2, 0.25) is 0 Å². The molecule has 0 aromatic carbocycles. The first-order chi connectivity index (χ1) is 9.75. The van der Waals surface area contributed by atoms with Crippen molar-refractivity contribution < 1.29 is 13.6 Å². The van der Waals surface area contributed by atoms with Crippen molar-refractivity contribution in [1.82, 2.24) is 25.1 Å². The highest BCUT2D eigenvalue weighted by Crippen LogP contribution is 2.50. The third-order valence-corrected chi connectivity index (χ3v) is 4.57. The van der Waals surface area contributed by atoms with Gasteiger partial charge in [-0.1, -0.05) is 0 Å². The Morgan fingerprint density at radius 1 is 1.24 bits per heavy atom. The van der Waals surface area contributed by atoms with E-state index in [1.54, 1.807) is 6.92 Å². The summed E-state index contributed by atoms with van der Waals surface area (Å²) in [6, 6.07) is 0.309. The Morgan fingerprint density at radius 3 is 2.10 bits per heavy atom. The molecule has 9 heteroatoms. The molecule has 1 aromatic rings. The van der Waals surface area contributed by atoms with Gasteiger partial charge in [0.1, 0.15) is 5.82 Å². The van der Waals surface area contributed by atoms with Crippen LogP contribution in [0.25, 0.3) is 5.82 Å². The summed E-state index contributed by atoms with van der Waals surface area (Å²) in [6.45, 7) is 9.93. The zero-order chi connectivity index (χ0) is 16.2. The van der Waals surface area contributed by atoms with Crippen LogP contribution in [0.15, 0.2) is 5.82 Å². The third-order valence-electron chi connectivity index (χ3n) is 3.00. The van der Waals surface area contributed by atoms with Crippen LogP contribution >= 0.6 is 7.60 Å². The van der Waals surface area contributed by atoms with E-state index >= 15 is 0 Å². The first-order valence-corrected chi connectivity index (χ1v) is 8.34. The van der Waals surface area contributed by atoms with Gasteiger partial charge in [0.15, 0.2) is 5.82 Å². The van der Waals surface area contributed by atoms with Gasteiger partial charge in [-0.3, -0.25) is 4.57 Å². The summed E-state index contributed by atoms with van der Waals surface area (Å²) in [7, 11) is -0.657. The SMILES string of the molecule is COP(=O)(/C=C(/N(C(C)C)C(C)C)n1nnnc1C)OC. The predicted octanol–water partition coefficient (Wildman–Crippen LogP) is 2.34. The number of hydrogen-bond donors (Lipinski definition) is 0. The zero-order valence-corrected chi connectivity index (χ0v) is 14.5. The summed E-state index contributed by atoms with van der Waals surface area (Å²) in [6.07, 6.45) is 0. The zero-order valence-electron chi connectivity index (χ0n) is 13.6. The molecule has 0 unspecified atom stereocenters. The topological polar surface area (TPSA) is 82.4 Å². The molecule has 0 aliphatic heterocycles. The van der Waals surface area contributed by atoms with Gasteiger partial charge in [0.2, 0.25) is 0 Å². The van der Waals surface area contributed by atoms with E-state index in [9.17, 15) is 4.57 Å². The average Bonchev–Trinajstić information content (AvgIpc) is 2.83. The highest BCUT2D eigenvalue weighted by atomic mass is 31.2. The normalized spacial score (nSPS) is 13.3. The van der Waals surface area contributed by atoms with Gasteiger partial charge in [0, 0.05) is 26.3 Å². The fraction of sp³-hybridized carbons (Fsp3) is 0.750. The van der Waals surface area contributed by atoms with Crippen LogP contribution in [-0.2, 0) is 13.6 Å². The summed E-state index contributed by atoms with van der Waals surface area (Å²) in [5.74, 6) is 2.62. The second kappa shape index (κ2) is 7.15. The lowest BCUT2D eigenvalue weighted by Crippen LogP contribution is -2.38. The molecule has 1 aromatic heterocycles. The maximum atomic E-state index is 12.5. The van der Waals surface area contributed by atoms with Crippen LogP contribution in [0.4, 0.5) is 0 Å². The Bertz CT molecular complexity index is 525. The first-order valence-electron chi connectivity index (χ1n) is 6.73. The van der Waals surface area contributed by atoms with Crippen LogP contribution in [0.3, 0.4) is 0 Å². The molecular weight excluding hydrogens is 293 g/mol. The van der Waals surface area contributed by atoms with Crippen molar-refractivity contribution in [3.63, 3.8) is 0 Å². The maximum Gasteiger partial charge on any atom is 0.357 e. The van der Waals surface area contributed by atoms with Crippen molar-refractivity contribution in [2.75, 3.05) is 14.2 Å². The molecule has 120 valence electrons. The van der Waals surface area contributed by atoms with Gasteiger partial charge < -0.3 is 13.9 Å². The van der Waals surface area contributed by atoms with E-state index in [2.05, 4.69) is 15.5 Å². The minimum Gasteiger partial charge on any atom is -0.351 e. The van der Waals surface area contributed by atoms with Gasteiger partial charge in [0.05, 0.1) is 5.82 Å². The molecule has 0 saturated heterocycles. The van der Waals surface area contributed by atoms with E-state index < -0.39 is 7.60 Å². The Morgan fingerprint density at radius 2 is 1.76 bits per heavy atom. The van der Waals surface area contributed by atoms with E-state index in [1.165, 1.54) is 24.7 Å². The second-order valence-electron chi connectivity index (χ2n) is 5.12. The number of aromatic nitrogens is 4. The lowest BCUT2D eigenvalue weighted by atomic mass is 10.2. The number of tetrazole rings is 1. The molecule has 0 aliphatic carbocycles. The van der Waals surface area contributed by atoms with Crippen LogP contribution in [0.1, 0.15) is 33.5 Å². The predicted molar refractivity (Wildman–Crippen MR) is 80.6 cm³/mol. The van der Waals surface area contributed by atoms with Crippen molar-refractivity contribution >= 4 is 13.4 Å². The van der Waals surface area contributed by atoms with Crippen LogP contribution in [0.5, 0.6) is 0 Å². The summed E-state index contributed by atoms with van der Waals surface area (Å²) in [5, 5.41) is 11.5. The fourth-order valence-electron chi connectivity index (χ4n) is 2.12. The van der Waals surface area contributed by atoms with E-state index in [0.29, 0.717) is 11.6 Å². The first kappa shape index (κ1) is 17.8. The molecule has 0 amide bonds. The Kier molecular flexibility index (Phi) is 6.07. The van der Waals surface area contributed by atoms with Crippen molar-refractivity contribution in [3.05, 3.63) is 11.6 Å². The van der Waals surface area contributed by atoms with E-state index in [-0.39, 0.29) is 12.1 Å². The van der Waals surface area contributed by atoms with Gasteiger partial charge in [0.25, 0.3) is 0 Å². The quantitative estimate of drug-likeness (QED) is 0.714. The molecule has 8 nitrogen and oxygen atoms in total. The summed E-state index contributed by atoms with van der Waals surface area (Å²) in [4.78, 5) is 2.05. The maximum absolute atomic E-state index is 12.5. The van der Waals surface area contributed by atoms with Gasteiger partial charge in [-0.25, -0.2) is 0 Å². The van der Waals surface area contributed by atoms with Crippen molar-refractivity contribution in [3.8, 4) is 0 Å². The molecule has 0 spiro atoms. The second-order valence-corrected chi connectivity index (χ2v) is 7.19. The minimum atomic E-state index is -3.35. The van der Waals surface area contributed by atoms with Crippen LogP contribution < -0.4 is 0 Å². The lowest BCUT2D eigenvalue weighted by molar-refractivity contribution is 0.254. The van der Waals surface area contributed by atoms with E-state index in [4.69, 9.17) is 9.05 Å². The lowest BCUT2D eigenvalue weighted by Gasteiger charge is -2.35. The molecule has 0 N–H and O–H groups in total. The number of nitrogens with zero attached hydrogens (tertiary/aromatic N) is 5. The van der Waals surface area contributed by atoms with Crippen LogP contribution in [-0.4, -0.2) is 51.4 Å². The van der Waals surface area contributed by atoms with Gasteiger partial charge in [-0.2, -0.15) is 4.68 Å². The summed E-state index contributed by atoms with van der Waals surface area (Å²) >= 11 is 0. The smallest absolute Gasteiger partial charge is 0.351 e.